The van der Waals surface area contributed by atoms with Crippen molar-refractivity contribution in [3.63, 3.8) is 0 Å². The maximum Gasteiger partial charge on any atom is 0.251 e. The van der Waals surface area contributed by atoms with Gasteiger partial charge in [-0.25, -0.2) is 0 Å². The second-order valence-corrected chi connectivity index (χ2v) is 6.50. The summed E-state index contributed by atoms with van der Waals surface area (Å²) in [6.45, 7) is 0.927. The van der Waals surface area contributed by atoms with Crippen LogP contribution in [-0.2, 0) is 4.79 Å². The van der Waals surface area contributed by atoms with E-state index in [0.717, 1.165) is 23.6 Å². The van der Waals surface area contributed by atoms with Crippen LogP contribution >= 0.6 is 0 Å². The van der Waals surface area contributed by atoms with Crippen LogP contribution in [0.5, 0.6) is 0 Å². The Morgan fingerprint density at radius 3 is 2.50 bits per heavy atom. The van der Waals surface area contributed by atoms with Crippen LogP contribution in [0.15, 0.2) is 42.5 Å². The summed E-state index contributed by atoms with van der Waals surface area (Å²) in [5, 5.41) is 16.9. The van der Waals surface area contributed by atoms with E-state index in [9.17, 15) is 14.7 Å². The van der Waals surface area contributed by atoms with Crippen molar-refractivity contribution in [2.45, 2.75) is 19.3 Å². The Balaban J connectivity index is 1.45. The predicted molar refractivity (Wildman–Crippen MR) is 92.7 cm³/mol. The SMILES string of the molecule is O=C(CCNC(=O)c1ccc2ccccc2c1)NCC1(CO)CC1. The number of aliphatic hydroxyl groups is 1. The Morgan fingerprint density at radius 2 is 1.79 bits per heavy atom. The minimum atomic E-state index is -0.178. The molecule has 5 heteroatoms. The second kappa shape index (κ2) is 7.01. The van der Waals surface area contributed by atoms with Gasteiger partial charge in [0.25, 0.3) is 5.91 Å². The van der Waals surface area contributed by atoms with Gasteiger partial charge in [-0.05, 0) is 35.7 Å². The molecule has 0 spiro atoms. The maximum absolute atomic E-state index is 12.2. The molecule has 1 saturated carbocycles. The first-order valence-corrected chi connectivity index (χ1v) is 8.26. The van der Waals surface area contributed by atoms with Gasteiger partial charge in [-0.3, -0.25) is 9.59 Å². The second-order valence-electron chi connectivity index (χ2n) is 6.50. The highest BCUT2D eigenvalue weighted by molar-refractivity contribution is 5.98. The van der Waals surface area contributed by atoms with Gasteiger partial charge in [0, 0.05) is 30.5 Å². The summed E-state index contributed by atoms with van der Waals surface area (Å²) >= 11 is 0. The van der Waals surface area contributed by atoms with E-state index in [4.69, 9.17) is 0 Å². The summed E-state index contributed by atoms with van der Waals surface area (Å²) in [4.78, 5) is 23.9. The first kappa shape index (κ1) is 16.5. The van der Waals surface area contributed by atoms with Crippen molar-refractivity contribution in [2.24, 2.45) is 5.41 Å². The van der Waals surface area contributed by atoms with Crippen LogP contribution in [0.4, 0.5) is 0 Å². The number of carbonyl (C=O) groups is 2. The molecule has 3 N–H and O–H groups in total. The van der Waals surface area contributed by atoms with Crippen LogP contribution in [-0.4, -0.2) is 36.6 Å². The van der Waals surface area contributed by atoms with Gasteiger partial charge in [0.1, 0.15) is 0 Å². The Hall–Kier alpha value is -2.40. The summed E-state index contributed by atoms with van der Waals surface area (Å²) in [5.41, 5.74) is 0.496. The van der Waals surface area contributed by atoms with E-state index in [2.05, 4.69) is 10.6 Å². The fourth-order valence-corrected chi connectivity index (χ4v) is 2.66. The lowest BCUT2D eigenvalue weighted by Crippen LogP contribution is -2.34. The van der Waals surface area contributed by atoms with Crippen molar-refractivity contribution in [1.29, 1.82) is 0 Å². The average molecular weight is 326 g/mol. The third-order valence-corrected chi connectivity index (χ3v) is 4.60. The van der Waals surface area contributed by atoms with Crippen LogP contribution in [0.1, 0.15) is 29.6 Å². The van der Waals surface area contributed by atoms with Crippen LogP contribution in [0.2, 0.25) is 0 Å². The van der Waals surface area contributed by atoms with Gasteiger partial charge in [0.2, 0.25) is 5.91 Å². The van der Waals surface area contributed by atoms with Gasteiger partial charge < -0.3 is 15.7 Å². The van der Waals surface area contributed by atoms with E-state index >= 15 is 0 Å². The molecule has 1 aliphatic carbocycles. The number of aliphatic hydroxyl groups excluding tert-OH is 1. The molecule has 1 aliphatic rings. The summed E-state index contributed by atoms with van der Waals surface area (Å²) < 4.78 is 0. The number of fused-ring (bicyclic) bond motifs is 1. The molecule has 0 unspecified atom stereocenters. The minimum absolute atomic E-state index is 0.0933. The number of amides is 2. The zero-order chi connectivity index (χ0) is 17.0. The van der Waals surface area contributed by atoms with Crippen LogP contribution in [0.25, 0.3) is 10.8 Å². The molecule has 0 atom stereocenters. The number of nitrogens with one attached hydrogen (secondary N) is 2. The molecule has 0 heterocycles. The molecule has 126 valence electrons. The van der Waals surface area contributed by atoms with Gasteiger partial charge in [-0.1, -0.05) is 30.3 Å². The first-order valence-electron chi connectivity index (χ1n) is 8.26. The molecule has 24 heavy (non-hydrogen) atoms. The van der Waals surface area contributed by atoms with Gasteiger partial charge >= 0.3 is 0 Å². The number of benzene rings is 2. The lowest BCUT2D eigenvalue weighted by atomic mass is 10.1. The predicted octanol–water partition coefficient (Wildman–Crippen LogP) is 1.85. The minimum Gasteiger partial charge on any atom is -0.396 e. The monoisotopic (exact) mass is 326 g/mol. The van der Waals surface area contributed by atoms with Gasteiger partial charge in [-0.15, -0.1) is 0 Å². The standard InChI is InChI=1S/C19H22N2O3/c22-13-19(8-9-19)12-21-17(23)7-10-20-18(24)16-6-5-14-3-1-2-4-15(14)11-16/h1-6,11,22H,7-10,12-13H2,(H,20,24)(H,21,23). The quantitative estimate of drug-likeness (QED) is 0.726. The summed E-state index contributed by atoms with van der Waals surface area (Å²) in [6.07, 6.45) is 2.16. The third-order valence-electron chi connectivity index (χ3n) is 4.60. The van der Waals surface area contributed by atoms with Gasteiger partial charge in [0.15, 0.2) is 0 Å². The van der Waals surface area contributed by atoms with Crippen LogP contribution in [0, 0.1) is 5.41 Å². The van der Waals surface area contributed by atoms with E-state index in [1.54, 1.807) is 6.07 Å². The molecule has 2 aromatic carbocycles. The van der Waals surface area contributed by atoms with E-state index in [1.165, 1.54) is 0 Å². The highest BCUT2D eigenvalue weighted by Crippen LogP contribution is 2.44. The van der Waals surface area contributed by atoms with E-state index < -0.39 is 0 Å². The normalized spacial score (nSPS) is 15.0. The molecule has 3 rings (SSSR count). The van der Waals surface area contributed by atoms with Gasteiger partial charge in [-0.2, -0.15) is 0 Å². The summed E-state index contributed by atoms with van der Waals surface area (Å²) in [7, 11) is 0. The molecular weight excluding hydrogens is 304 g/mol. The highest BCUT2D eigenvalue weighted by atomic mass is 16.3. The van der Waals surface area contributed by atoms with Gasteiger partial charge in [0.05, 0.1) is 6.61 Å². The fourth-order valence-electron chi connectivity index (χ4n) is 2.66. The molecular formula is C19H22N2O3. The Morgan fingerprint density at radius 1 is 1.04 bits per heavy atom. The average Bonchev–Trinajstić information content (AvgIpc) is 3.40. The molecule has 5 nitrogen and oxygen atoms in total. The third kappa shape index (κ3) is 3.92. The van der Waals surface area contributed by atoms with Crippen molar-refractivity contribution in [1.82, 2.24) is 10.6 Å². The topological polar surface area (TPSA) is 78.4 Å². The maximum atomic E-state index is 12.2. The lowest BCUT2D eigenvalue weighted by molar-refractivity contribution is -0.121. The molecule has 1 fully saturated rings. The Kier molecular flexibility index (Phi) is 4.81. The van der Waals surface area contributed by atoms with Crippen molar-refractivity contribution in [3.8, 4) is 0 Å². The number of hydrogen-bond acceptors (Lipinski definition) is 3. The van der Waals surface area contributed by atoms with Crippen molar-refractivity contribution in [2.75, 3.05) is 19.7 Å². The summed E-state index contributed by atoms with van der Waals surface area (Å²) in [5.74, 6) is -0.281. The smallest absolute Gasteiger partial charge is 0.251 e. The lowest BCUT2D eigenvalue weighted by Gasteiger charge is -2.12. The van der Waals surface area contributed by atoms with Crippen molar-refractivity contribution in [3.05, 3.63) is 48.0 Å². The van der Waals surface area contributed by atoms with Crippen molar-refractivity contribution >= 4 is 22.6 Å². The van der Waals surface area contributed by atoms with Crippen molar-refractivity contribution < 1.29 is 14.7 Å². The van der Waals surface area contributed by atoms with Crippen LogP contribution < -0.4 is 10.6 Å². The Labute approximate surface area is 141 Å². The summed E-state index contributed by atoms with van der Waals surface area (Å²) in [6, 6.07) is 13.4. The molecule has 0 saturated heterocycles. The zero-order valence-corrected chi connectivity index (χ0v) is 13.5. The molecule has 2 aromatic rings. The molecule has 0 radical (unpaired) electrons. The van der Waals surface area contributed by atoms with E-state index in [1.807, 2.05) is 36.4 Å². The molecule has 0 aliphatic heterocycles. The van der Waals surface area contributed by atoms with E-state index in [-0.39, 0.29) is 30.3 Å². The first-order chi connectivity index (χ1) is 11.6. The fraction of sp³-hybridized carbons (Fsp3) is 0.368. The van der Waals surface area contributed by atoms with E-state index in [0.29, 0.717) is 18.7 Å². The Bertz CT molecular complexity index is 753. The number of hydrogen-bond donors (Lipinski definition) is 3. The molecule has 0 aromatic heterocycles. The largest absolute Gasteiger partial charge is 0.396 e. The highest BCUT2D eigenvalue weighted by Gasteiger charge is 2.41. The molecule has 0 bridgehead atoms. The number of carbonyl (C=O) groups excluding carboxylic acids is 2. The number of rotatable bonds is 7. The zero-order valence-electron chi connectivity index (χ0n) is 13.5. The molecule has 2 amide bonds. The van der Waals surface area contributed by atoms with Crippen LogP contribution in [0.3, 0.4) is 0 Å².